The van der Waals surface area contributed by atoms with Gasteiger partial charge in [0.2, 0.25) is 0 Å². The van der Waals surface area contributed by atoms with Crippen LogP contribution in [0.25, 0.3) is 0 Å². The van der Waals surface area contributed by atoms with E-state index in [1.165, 1.54) is 5.56 Å². The second kappa shape index (κ2) is 8.16. The summed E-state index contributed by atoms with van der Waals surface area (Å²) in [5.41, 5.74) is 1.37. The van der Waals surface area contributed by atoms with E-state index < -0.39 is 0 Å². The first-order chi connectivity index (χ1) is 11.2. The fourth-order valence-corrected chi connectivity index (χ4v) is 3.34. The molecule has 0 spiro atoms. The Bertz CT molecular complexity index is 623. The normalized spacial score (nSPS) is 14.2. The van der Waals surface area contributed by atoms with E-state index in [0.29, 0.717) is 5.92 Å². The molecule has 128 valence electrons. The molecule has 0 amide bonds. The molecule has 2 atom stereocenters. The van der Waals surface area contributed by atoms with E-state index in [4.69, 9.17) is 10.5 Å². The van der Waals surface area contributed by atoms with Crippen molar-refractivity contribution in [2.24, 2.45) is 16.7 Å². The minimum atomic E-state index is -0.271. The summed E-state index contributed by atoms with van der Waals surface area (Å²) in [6, 6.07) is 14.5. The highest BCUT2D eigenvalue weighted by atomic mass is 14.4. The van der Waals surface area contributed by atoms with Crippen LogP contribution in [0.2, 0.25) is 0 Å². The van der Waals surface area contributed by atoms with Gasteiger partial charge >= 0.3 is 0 Å². The standard InChI is InChI=1S/C22H30N2/c1-7-17(2)21(3,4)14-20(19-11-9-8-10-12-19)22(5,6)13-18(15-23)16-24/h8-13,17,20H,7,14H2,1-6H3. The number of hydrogen-bond donors (Lipinski definition) is 0. The van der Waals surface area contributed by atoms with Gasteiger partial charge in [-0.2, -0.15) is 10.5 Å². The summed E-state index contributed by atoms with van der Waals surface area (Å²) in [5, 5.41) is 18.3. The number of nitrogens with zero attached hydrogens (tertiary/aromatic N) is 2. The Morgan fingerprint density at radius 3 is 2.08 bits per heavy atom. The van der Waals surface area contributed by atoms with Gasteiger partial charge in [0.05, 0.1) is 0 Å². The molecule has 0 radical (unpaired) electrons. The van der Waals surface area contributed by atoms with Crippen LogP contribution in [-0.4, -0.2) is 0 Å². The lowest BCUT2D eigenvalue weighted by molar-refractivity contribution is 0.159. The van der Waals surface area contributed by atoms with E-state index in [9.17, 15) is 0 Å². The minimum absolute atomic E-state index is 0.180. The lowest BCUT2D eigenvalue weighted by atomic mass is 9.64. The first kappa shape index (κ1) is 20.0. The third-order valence-electron chi connectivity index (χ3n) is 5.53. The molecule has 0 aromatic heterocycles. The lowest BCUT2D eigenvalue weighted by Gasteiger charge is -2.41. The van der Waals surface area contributed by atoms with Crippen molar-refractivity contribution in [3.05, 3.63) is 47.5 Å². The van der Waals surface area contributed by atoms with Gasteiger partial charge in [-0.25, -0.2) is 0 Å². The van der Waals surface area contributed by atoms with Crippen LogP contribution in [0.1, 0.15) is 65.9 Å². The molecular weight excluding hydrogens is 292 g/mol. The molecule has 1 aromatic carbocycles. The highest BCUT2D eigenvalue weighted by Crippen LogP contribution is 2.47. The molecule has 0 aliphatic heterocycles. The molecule has 0 saturated carbocycles. The van der Waals surface area contributed by atoms with E-state index in [1.807, 2.05) is 24.3 Å². The van der Waals surface area contributed by atoms with Crippen LogP contribution in [0, 0.1) is 39.4 Å². The summed E-state index contributed by atoms with van der Waals surface area (Å²) in [6.45, 7) is 13.5. The summed E-state index contributed by atoms with van der Waals surface area (Å²) in [5.74, 6) is 0.856. The fraction of sp³-hybridized carbons (Fsp3) is 0.545. The summed E-state index contributed by atoms with van der Waals surface area (Å²) < 4.78 is 0. The highest BCUT2D eigenvalue weighted by molar-refractivity contribution is 5.38. The molecule has 0 fully saturated rings. The summed E-state index contributed by atoms with van der Waals surface area (Å²) in [4.78, 5) is 0. The molecule has 0 aliphatic carbocycles. The van der Waals surface area contributed by atoms with Crippen LogP contribution >= 0.6 is 0 Å². The minimum Gasteiger partial charge on any atom is -0.192 e. The molecular formula is C22H30N2. The number of rotatable bonds is 7. The monoisotopic (exact) mass is 322 g/mol. The SMILES string of the molecule is CCC(C)C(C)(C)CC(c1ccccc1)C(C)(C)C=C(C#N)C#N. The van der Waals surface area contributed by atoms with E-state index in [1.54, 1.807) is 0 Å². The van der Waals surface area contributed by atoms with Gasteiger partial charge in [0.1, 0.15) is 17.7 Å². The topological polar surface area (TPSA) is 47.6 Å². The van der Waals surface area contributed by atoms with E-state index in [-0.39, 0.29) is 22.3 Å². The van der Waals surface area contributed by atoms with Crippen molar-refractivity contribution in [1.29, 1.82) is 10.5 Å². The third-order valence-corrected chi connectivity index (χ3v) is 5.53. The van der Waals surface area contributed by atoms with Gasteiger partial charge in [0.15, 0.2) is 0 Å². The molecule has 24 heavy (non-hydrogen) atoms. The van der Waals surface area contributed by atoms with Crippen molar-refractivity contribution in [3.63, 3.8) is 0 Å². The fourth-order valence-electron chi connectivity index (χ4n) is 3.34. The van der Waals surface area contributed by atoms with Gasteiger partial charge in [-0.3, -0.25) is 0 Å². The van der Waals surface area contributed by atoms with Crippen LogP contribution < -0.4 is 0 Å². The van der Waals surface area contributed by atoms with Crippen molar-refractivity contribution in [2.75, 3.05) is 0 Å². The molecule has 0 bridgehead atoms. The zero-order chi connectivity index (χ0) is 18.4. The lowest BCUT2D eigenvalue weighted by Crippen LogP contribution is -2.30. The number of benzene rings is 1. The molecule has 2 unspecified atom stereocenters. The largest absolute Gasteiger partial charge is 0.192 e. The average molecular weight is 322 g/mol. The van der Waals surface area contributed by atoms with Crippen molar-refractivity contribution >= 4 is 0 Å². The second-order valence-electron chi connectivity index (χ2n) is 8.07. The summed E-state index contributed by atoms with van der Waals surface area (Å²) in [7, 11) is 0. The van der Waals surface area contributed by atoms with Gasteiger partial charge in [0.25, 0.3) is 0 Å². The average Bonchev–Trinajstić information content (AvgIpc) is 2.57. The predicted octanol–water partition coefficient (Wildman–Crippen LogP) is 6.23. The second-order valence-corrected chi connectivity index (χ2v) is 8.07. The number of hydrogen-bond acceptors (Lipinski definition) is 2. The van der Waals surface area contributed by atoms with Crippen molar-refractivity contribution in [1.82, 2.24) is 0 Å². The predicted molar refractivity (Wildman–Crippen MR) is 100 cm³/mol. The zero-order valence-corrected chi connectivity index (χ0v) is 15.9. The quantitative estimate of drug-likeness (QED) is 0.558. The highest BCUT2D eigenvalue weighted by Gasteiger charge is 2.36. The molecule has 2 nitrogen and oxygen atoms in total. The van der Waals surface area contributed by atoms with Gasteiger partial charge in [-0.1, -0.05) is 78.3 Å². The molecule has 1 aromatic rings. The Labute approximate surface area is 147 Å². The maximum atomic E-state index is 9.16. The molecule has 2 heteroatoms. The van der Waals surface area contributed by atoms with Gasteiger partial charge in [-0.15, -0.1) is 0 Å². The van der Waals surface area contributed by atoms with Crippen molar-refractivity contribution in [2.45, 2.75) is 60.3 Å². The maximum absolute atomic E-state index is 9.16. The zero-order valence-electron chi connectivity index (χ0n) is 15.9. The Morgan fingerprint density at radius 1 is 1.08 bits per heavy atom. The smallest absolute Gasteiger partial charge is 0.126 e. The van der Waals surface area contributed by atoms with E-state index in [2.05, 4.69) is 65.8 Å². The first-order valence-electron chi connectivity index (χ1n) is 8.76. The van der Waals surface area contributed by atoms with Gasteiger partial charge in [-0.05, 0) is 40.7 Å². The van der Waals surface area contributed by atoms with Crippen LogP contribution in [0.5, 0.6) is 0 Å². The third kappa shape index (κ3) is 4.97. The molecule has 0 saturated heterocycles. The molecule has 0 N–H and O–H groups in total. The number of nitriles is 2. The molecule has 0 heterocycles. The number of allylic oxidation sites excluding steroid dienone is 2. The Morgan fingerprint density at radius 2 is 1.62 bits per heavy atom. The Balaban J connectivity index is 3.33. The van der Waals surface area contributed by atoms with Gasteiger partial charge in [0, 0.05) is 0 Å². The van der Waals surface area contributed by atoms with Crippen LogP contribution in [0.4, 0.5) is 0 Å². The Hall–Kier alpha value is -2.06. The summed E-state index contributed by atoms with van der Waals surface area (Å²) >= 11 is 0. The van der Waals surface area contributed by atoms with Crippen molar-refractivity contribution in [3.8, 4) is 12.1 Å². The maximum Gasteiger partial charge on any atom is 0.126 e. The van der Waals surface area contributed by atoms with Gasteiger partial charge < -0.3 is 0 Å². The van der Waals surface area contributed by atoms with Crippen LogP contribution in [0.3, 0.4) is 0 Å². The van der Waals surface area contributed by atoms with Crippen LogP contribution in [0.15, 0.2) is 42.0 Å². The Kier molecular flexibility index (Phi) is 6.80. The van der Waals surface area contributed by atoms with E-state index >= 15 is 0 Å². The first-order valence-corrected chi connectivity index (χ1v) is 8.76. The van der Waals surface area contributed by atoms with Crippen LogP contribution in [-0.2, 0) is 0 Å². The van der Waals surface area contributed by atoms with E-state index in [0.717, 1.165) is 12.8 Å². The van der Waals surface area contributed by atoms with Crippen molar-refractivity contribution < 1.29 is 0 Å². The molecule has 1 rings (SSSR count). The summed E-state index contributed by atoms with van der Waals surface area (Å²) in [6.07, 6.45) is 4.00. The molecule has 0 aliphatic rings.